The van der Waals surface area contributed by atoms with Gasteiger partial charge in [-0.05, 0) is 60.3 Å². The first kappa shape index (κ1) is 17.5. The maximum absolute atomic E-state index is 11.7. The third-order valence-corrected chi connectivity index (χ3v) is 3.50. The van der Waals surface area contributed by atoms with Crippen LogP contribution in [0.25, 0.3) is 0 Å². The van der Waals surface area contributed by atoms with Crippen molar-refractivity contribution < 1.29 is 19.4 Å². The van der Waals surface area contributed by atoms with E-state index in [4.69, 9.17) is 9.84 Å². The molecule has 6 heteroatoms. The van der Waals surface area contributed by atoms with E-state index in [-0.39, 0.29) is 25.0 Å². The van der Waals surface area contributed by atoms with Crippen LogP contribution in [0.1, 0.15) is 31.7 Å². The van der Waals surface area contributed by atoms with Gasteiger partial charge in [-0.3, -0.25) is 9.59 Å². The molecular formula is C15H20BrNO4. The lowest BCUT2D eigenvalue weighted by Crippen LogP contribution is -2.36. The Labute approximate surface area is 132 Å². The lowest BCUT2D eigenvalue weighted by Gasteiger charge is -2.14. The summed E-state index contributed by atoms with van der Waals surface area (Å²) in [4.78, 5) is 22.1. The zero-order valence-electron chi connectivity index (χ0n) is 12.2. The number of hydrogen-bond acceptors (Lipinski definition) is 3. The highest BCUT2D eigenvalue weighted by Crippen LogP contribution is 2.25. The van der Waals surface area contributed by atoms with Gasteiger partial charge in [-0.15, -0.1) is 0 Å². The molecule has 1 aromatic rings. The zero-order valence-corrected chi connectivity index (χ0v) is 13.8. The van der Waals surface area contributed by atoms with Gasteiger partial charge >= 0.3 is 5.97 Å². The first-order chi connectivity index (χ1) is 9.88. The Hall–Kier alpha value is -1.56. The van der Waals surface area contributed by atoms with Crippen LogP contribution >= 0.6 is 15.9 Å². The van der Waals surface area contributed by atoms with Gasteiger partial charge in [0.2, 0.25) is 0 Å². The number of ether oxygens (including phenoxy) is 1. The molecule has 116 valence electrons. The molecule has 0 aliphatic heterocycles. The highest BCUT2D eigenvalue weighted by molar-refractivity contribution is 9.10. The smallest absolute Gasteiger partial charge is 0.303 e. The molecule has 2 N–H and O–H groups in total. The second kappa shape index (κ2) is 8.67. The number of carboxylic acids is 1. The van der Waals surface area contributed by atoms with E-state index in [1.807, 2.05) is 32.0 Å². The number of aliphatic carboxylic acids is 1. The highest BCUT2D eigenvalue weighted by Gasteiger charge is 2.10. The molecule has 1 rings (SSSR count). The van der Waals surface area contributed by atoms with E-state index < -0.39 is 5.97 Å². The Kier molecular flexibility index (Phi) is 7.22. The number of carbonyl (C=O) groups excluding carboxylic acids is 1. The van der Waals surface area contributed by atoms with Gasteiger partial charge in [0.05, 0.1) is 4.47 Å². The highest BCUT2D eigenvalue weighted by atomic mass is 79.9. The first-order valence-corrected chi connectivity index (χ1v) is 7.58. The molecule has 1 aromatic carbocycles. The number of aryl methyl sites for hydroxylation is 1. The number of halogens is 1. The second-order valence-electron chi connectivity index (χ2n) is 4.98. The Morgan fingerprint density at radius 3 is 2.76 bits per heavy atom. The molecule has 0 heterocycles. The van der Waals surface area contributed by atoms with E-state index >= 15 is 0 Å². The van der Waals surface area contributed by atoms with Gasteiger partial charge in [-0.1, -0.05) is 6.07 Å². The number of carbonyl (C=O) groups is 2. The number of nitrogens with one attached hydrogen (secondary N) is 1. The molecule has 0 aromatic heterocycles. The van der Waals surface area contributed by atoms with Gasteiger partial charge in [0, 0.05) is 12.5 Å². The van der Waals surface area contributed by atoms with Crippen molar-refractivity contribution in [3.63, 3.8) is 0 Å². The van der Waals surface area contributed by atoms with Crippen molar-refractivity contribution >= 4 is 27.8 Å². The molecule has 21 heavy (non-hydrogen) atoms. The van der Waals surface area contributed by atoms with Gasteiger partial charge in [0.15, 0.2) is 6.61 Å². The largest absolute Gasteiger partial charge is 0.483 e. The van der Waals surface area contributed by atoms with Crippen molar-refractivity contribution in [2.45, 2.75) is 39.2 Å². The SMILES string of the molecule is Cc1ccc(OCC(=O)NC(C)CCCC(=O)O)c(Br)c1. The summed E-state index contributed by atoms with van der Waals surface area (Å²) < 4.78 is 6.25. The van der Waals surface area contributed by atoms with E-state index in [9.17, 15) is 9.59 Å². The molecular weight excluding hydrogens is 338 g/mol. The molecule has 0 saturated heterocycles. The number of rotatable bonds is 8. The van der Waals surface area contributed by atoms with Crippen molar-refractivity contribution in [2.24, 2.45) is 0 Å². The maximum atomic E-state index is 11.7. The predicted octanol–water partition coefficient (Wildman–Crippen LogP) is 2.90. The first-order valence-electron chi connectivity index (χ1n) is 6.78. The van der Waals surface area contributed by atoms with Crippen LogP contribution in [0.4, 0.5) is 0 Å². The molecule has 1 amide bonds. The molecule has 0 bridgehead atoms. The molecule has 5 nitrogen and oxygen atoms in total. The number of amides is 1. The molecule has 0 fully saturated rings. The van der Waals surface area contributed by atoms with Gasteiger partial charge in [-0.25, -0.2) is 0 Å². The minimum atomic E-state index is -0.818. The summed E-state index contributed by atoms with van der Waals surface area (Å²) in [5.74, 6) is -0.416. The third kappa shape index (κ3) is 7.13. The third-order valence-electron chi connectivity index (χ3n) is 2.88. The summed E-state index contributed by atoms with van der Waals surface area (Å²) >= 11 is 3.38. The standard InChI is InChI=1S/C15H20BrNO4/c1-10-6-7-13(12(16)8-10)21-9-14(18)17-11(2)4-3-5-15(19)20/h6-8,11H,3-5,9H2,1-2H3,(H,17,18)(H,19,20). The average molecular weight is 358 g/mol. The summed E-state index contributed by atoms with van der Waals surface area (Å²) in [6.45, 7) is 3.76. The molecule has 0 spiro atoms. The fraction of sp³-hybridized carbons (Fsp3) is 0.467. The van der Waals surface area contributed by atoms with Crippen molar-refractivity contribution in [3.8, 4) is 5.75 Å². The van der Waals surface area contributed by atoms with Gasteiger partial charge in [0.1, 0.15) is 5.75 Å². The van der Waals surface area contributed by atoms with E-state index in [1.54, 1.807) is 0 Å². The summed E-state index contributed by atoms with van der Waals surface area (Å²) in [6, 6.07) is 5.57. The zero-order chi connectivity index (χ0) is 15.8. The van der Waals surface area contributed by atoms with Gasteiger partial charge in [-0.2, -0.15) is 0 Å². The minimum absolute atomic E-state index is 0.0646. The van der Waals surface area contributed by atoms with Crippen LogP contribution in [0.5, 0.6) is 5.75 Å². The molecule has 0 saturated carbocycles. The maximum Gasteiger partial charge on any atom is 0.303 e. The van der Waals surface area contributed by atoms with Crippen LogP contribution in [0, 0.1) is 6.92 Å². The molecule has 0 radical (unpaired) electrons. The quantitative estimate of drug-likeness (QED) is 0.749. The summed E-state index contributed by atoms with van der Waals surface area (Å²) in [5.41, 5.74) is 1.10. The topological polar surface area (TPSA) is 75.6 Å². The Balaban J connectivity index is 2.31. The van der Waals surface area contributed by atoms with Crippen LogP contribution < -0.4 is 10.1 Å². The lowest BCUT2D eigenvalue weighted by atomic mass is 10.1. The Bertz CT molecular complexity index is 504. The van der Waals surface area contributed by atoms with Crippen LogP contribution in [0.3, 0.4) is 0 Å². The van der Waals surface area contributed by atoms with Crippen molar-refractivity contribution in [3.05, 3.63) is 28.2 Å². The monoisotopic (exact) mass is 357 g/mol. The fourth-order valence-electron chi connectivity index (χ4n) is 1.81. The molecule has 1 atom stereocenters. The van der Waals surface area contributed by atoms with E-state index in [0.29, 0.717) is 18.6 Å². The summed E-state index contributed by atoms with van der Waals surface area (Å²) in [7, 11) is 0. The Morgan fingerprint density at radius 1 is 1.43 bits per heavy atom. The molecule has 1 unspecified atom stereocenters. The predicted molar refractivity (Wildman–Crippen MR) is 83.5 cm³/mol. The van der Waals surface area contributed by atoms with E-state index in [1.165, 1.54) is 0 Å². The summed E-state index contributed by atoms with van der Waals surface area (Å²) in [6.07, 6.45) is 1.29. The van der Waals surface area contributed by atoms with E-state index in [0.717, 1.165) is 10.0 Å². The fourth-order valence-corrected chi connectivity index (χ4v) is 2.42. The molecule has 0 aliphatic rings. The normalized spacial score (nSPS) is 11.8. The average Bonchev–Trinajstić information content (AvgIpc) is 2.37. The van der Waals surface area contributed by atoms with Crippen molar-refractivity contribution in [1.82, 2.24) is 5.32 Å². The van der Waals surface area contributed by atoms with Crippen molar-refractivity contribution in [1.29, 1.82) is 0 Å². The summed E-state index contributed by atoms with van der Waals surface area (Å²) in [5, 5.41) is 11.3. The second-order valence-corrected chi connectivity index (χ2v) is 5.83. The minimum Gasteiger partial charge on any atom is -0.483 e. The van der Waals surface area contributed by atoms with Crippen LogP contribution in [-0.2, 0) is 9.59 Å². The van der Waals surface area contributed by atoms with Crippen molar-refractivity contribution in [2.75, 3.05) is 6.61 Å². The van der Waals surface area contributed by atoms with E-state index in [2.05, 4.69) is 21.2 Å². The van der Waals surface area contributed by atoms with Gasteiger partial charge in [0.25, 0.3) is 5.91 Å². The van der Waals surface area contributed by atoms with Gasteiger partial charge < -0.3 is 15.2 Å². The number of benzene rings is 1. The van der Waals surface area contributed by atoms with Crippen LogP contribution in [0.2, 0.25) is 0 Å². The Morgan fingerprint density at radius 2 is 2.14 bits per heavy atom. The van der Waals surface area contributed by atoms with Crippen LogP contribution in [-0.4, -0.2) is 29.6 Å². The van der Waals surface area contributed by atoms with Crippen LogP contribution in [0.15, 0.2) is 22.7 Å². The molecule has 0 aliphatic carbocycles. The number of carboxylic acid groups (broad SMARTS) is 1. The number of hydrogen-bond donors (Lipinski definition) is 2. The lowest BCUT2D eigenvalue weighted by molar-refractivity contribution is -0.137.